The number of amides is 1. The van der Waals surface area contributed by atoms with E-state index in [1.165, 1.54) is 36.0 Å². The summed E-state index contributed by atoms with van der Waals surface area (Å²) >= 11 is 1.43. The minimum Gasteiger partial charge on any atom is -0.475 e. The number of rotatable bonds is 7. The first-order valence-corrected chi connectivity index (χ1v) is 13.8. The molecule has 2 fully saturated rings. The van der Waals surface area contributed by atoms with Crippen LogP contribution in [0, 0.1) is 24.6 Å². The topological polar surface area (TPSA) is 98.9 Å². The van der Waals surface area contributed by atoms with Crippen molar-refractivity contribution in [3.63, 3.8) is 0 Å². The Bertz CT molecular complexity index is 1280. The van der Waals surface area contributed by atoms with Crippen molar-refractivity contribution in [1.82, 2.24) is 24.5 Å². The van der Waals surface area contributed by atoms with Crippen molar-refractivity contribution >= 4 is 29.2 Å². The summed E-state index contributed by atoms with van der Waals surface area (Å²) in [6, 6.07) is 7.39. The van der Waals surface area contributed by atoms with Crippen LogP contribution in [-0.4, -0.2) is 74.8 Å². The predicted molar refractivity (Wildman–Crippen MR) is 135 cm³/mol. The van der Waals surface area contributed by atoms with Crippen LogP contribution >= 0.6 is 11.8 Å². The largest absolute Gasteiger partial charge is 0.475 e. The number of carbonyl (C=O) groups is 2. The lowest BCUT2D eigenvalue weighted by molar-refractivity contribution is -0.146. The Kier molecular flexibility index (Phi) is 7.71. The molecular formula is C26H30FN5O4S. The van der Waals surface area contributed by atoms with Crippen LogP contribution in [-0.2, 0) is 9.53 Å². The minimum absolute atomic E-state index is 0.0171. The number of hydrogen-bond donors (Lipinski definition) is 0. The van der Waals surface area contributed by atoms with Crippen molar-refractivity contribution in [3.8, 4) is 5.88 Å². The number of thioether (sulfide) groups is 1. The van der Waals surface area contributed by atoms with Crippen molar-refractivity contribution < 1.29 is 23.5 Å². The van der Waals surface area contributed by atoms with Crippen molar-refractivity contribution in [1.29, 1.82) is 0 Å². The molecule has 0 bridgehead atoms. The lowest BCUT2D eigenvalue weighted by Gasteiger charge is -2.38. The van der Waals surface area contributed by atoms with E-state index in [2.05, 4.69) is 15.1 Å². The fraction of sp³-hybridized carbons (Fsp3) is 0.500. The number of aromatic nitrogens is 4. The van der Waals surface area contributed by atoms with Crippen LogP contribution in [0.2, 0.25) is 0 Å². The Morgan fingerprint density at radius 3 is 2.68 bits per heavy atom. The van der Waals surface area contributed by atoms with Gasteiger partial charge in [-0.25, -0.2) is 9.37 Å². The van der Waals surface area contributed by atoms with E-state index in [0.29, 0.717) is 54.9 Å². The van der Waals surface area contributed by atoms with Crippen LogP contribution in [0.5, 0.6) is 5.88 Å². The van der Waals surface area contributed by atoms with Crippen molar-refractivity contribution in [3.05, 3.63) is 47.4 Å². The molecule has 2 aromatic heterocycles. The first-order chi connectivity index (χ1) is 17.9. The predicted octanol–water partition coefficient (Wildman–Crippen LogP) is 3.59. The molecule has 3 atom stereocenters. The first kappa shape index (κ1) is 25.6. The summed E-state index contributed by atoms with van der Waals surface area (Å²) in [4.78, 5) is 37.4. The van der Waals surface area contributed by atoms with Gasteiger partial charge in [0.15, 0.2) is 5.78 Å². The number of carbonyl (C=O) groups excluding carboxylic acids is 2. The molecule has 0 spiro atoms. The van der Waals surface area contributed by atoms with Gasteiger partial charge in [-0.1, -0.05) is 24.6 Å². The number of ketones is 1. The molecular weight excluding hydrogens is 497 g/mol. The summed E-state index contributed by atoms with van der Waals surface area (Å²) in [5, 5.41) is 5.02. The second kappa shape index (κ2) is 11.1. The molecule has 37 heavy (non-hydrogen) atoms. The van der Waals surface area contributed by atoms with Gasteiger partial charge in [0.05, 0.1) is 13.2 Å². The molecule has 1 aromatic carbocycles. The molecule has 3 heterocycles. The van der Waals surface area contributed by atoms with Gasteiger partial charge in [-0.15, -0.1) is 5.10 Å². The van der Waals surface area contributed by atoms with Gasteiger partial charge in [-0.3, -0.25) is 9.59 Å². The van der Waals surface area contributed by atoms with Gasteiger partial charge >= 0.3 is 0 Å². The lowest BCUT2D eigenvalue weighted by atomic mass is 9.74. The van der Waals surface area contributed by atoms with Crippen molar-refractivity contribution in [2.75, 3.05) is 32.6 Å². The Hall–Kier alpha value is -3.05. The second-order valence-electron chi connectivity index (χ2n) is 9.50. The molecule has 1 amide bonds. The molecule has 196 valence electrons. The molecule has 1 saturated carbocycles. The fourth-order valence-electron chi connectivity index (χ4n) is 5.13. The third-order valence-electron chi connectivity index (χ3n) is 6.99. The van der Waals surface area contributed by atoms with Gasteiger partial charge in [0.2, 0.25) is 16.9 Å². The van der Waals surface area contributed by atoms with Crippen LogP contribution in [0.15, 0.2) is 35.5 Å². The van der Waals surface area contributed by atoms with Crippen molar-refractivity contribution in [2.45, 2.75) is 43.9 Å². The van der Waals surface area contributed by atoms with Crippen LogP contribution < -0.4 is 4.74 Å². The minimum atomic E-state index is -0.393. The normalized spacial score (nSPS) is 22.2. The smallest absolute Gasteiger partial charge is 0.256 e. The lowest BCUT2D eigenvalue weighted by Crippen LogP contribution is -2.51. The zero-order valence-electron chi connectivity index (χ0n) is 20.9. The molecule has 2 aliphatic rings. The third kappa shape index (κ3) is 5.62. The number of ether oxygens (including phenoxy) is 2. The molecule has 1 saturated heterocycles. The number of benzene rings is 1. The van der Waals surface area contributed by atoms with E-state index in [-0.39, 0.29) is 36.1 Å². The van der Waals surface area contributed by atoms with E-state index in [4.69, 9.17) is 9.47 Å². The Morgan fingerprint density at radius 1 is 1.16 bits per heavy atom. The van der Waals surface area contributed by atoms with E-state index >= 15 is 0 Å². The number of aryl methyl sites for hydroxylation is 1. The van der Waals surface area contributed by atoms with Crippen LogP contribution in [0.25, 0.3) is 5.78 Å². The van der Waals surface area contributed by atoms with E-state index in [1.54, 1.807) is 15.5 Å². The molecule has 0 N–H and O–H groups in total. The Labute approximate surface area is 218 Å². The molecule has 1 aliphatic heterocycles. The molecule has 3 unspecified atom stereocenters. The van der Waals surface area contributed by atoms with Gasteiger partial charge in [0.1, 0.15) is 18.5 Å². The Morgan fingerprint density at radius 2 is 1.92 bits per heavy atom. The van der Waals surface area contributed by atoms with Crippen molar-refractivity contribution in [2.24, 2.45) is 11.8 Å². The Balaban J connectivity index is 1.25. The average Bonchev–Trinajstić information content (AvgIpc) is 3.35. The molecule has 11 heteroatoms. The quantitative estimate of drug-likeness (QED) is 0.340. The van der Waals surface area contributed by atoms with Crippen LogP contribution in [0.4, 0.5) is 4.39 Å². The fourth-order valence-corrected chi connectivity index (χ4v) is 5.46. The molecule has 3 aromatic rings. The standard InChI is InChI=1S/C26H30FN5O4S/c1-16-13-22(32-25(28-16)29-26(30-32)37-2)36-15-19-14-31(11-12-35-19)24(34)21-6-4-3-5-20(21)23(33)17-7-9-18(27)10-8-17/h7-10,13,19-21H,3-6,11-12,14-15H2,1-2H3. The highest BCUT2D eigenvalue weighted by molar-refractivity contribution is 7.98. The van der Waals surface area contributed by atoms with E-state index < -0.39 is 5.92 Å². The van der Waals surface area contributed by atoms with E-state index in [1.807, 2.05) is 13.2 Å². The summed E-state index contributed by atoms with van der Waals surface area (Å²) in [5.74, 6) is -0.277. The summed E-state index contributed by atoms with van der Waals surface area (Å²) in [7, 11) is 0. The maximum Gasteiger partial charge on any atom is 0.256 e. The zero-order valence-corrected chi connectivity index (χ0v) is 21.7. The highest BCUT2D eigenvalue weighted by atomic mass is 32.2. The number of hydrogen-bond acceptors (Lipinski definition) is 8. The van der Waals surface area contributed by atoms with E-state index in [0.717, 1.165) is 18.5 Å². The zero-order chi connectivity index (χ0) is 25.9. The molecule has 0 radical (unpaired) electrons. The molecule has 1 aliphatic carbocycles. The molecule has 9 nitrogen and oxygen atoms in total. The highest BCUT2D eigenvalue weighted by Crippen LogP contribution is 2.34. The van der Waals surface area contributed by atoms with E-state index in [9.17, 15) is 14.0 Å². The maximum absolute atomic E-state index is 13.6. The summed E-state index contributed by atoms with van der Waals surface area (Å²) in [5.41, 5.74) is 1.22. The summed E-state index contributed by atoms with van der Waals surface area (Å²) in [6.07, 6.45) is 4.73. The number of Topliss-reactive ketones (excluding diaryl/α,β-unsaturated/α-hetero) is 1. The van der Waals surface area contributed by atoms with Crippen LogP contribution in [0.3, 0.4) is 0 Å². The third-order valence-corrected chi connectivity index (χ3v) is 7.52. The summed E-state index contributed by atoms with van der Waals surface area (Å²) < 4.78 is 26.9. The van der Waals surface area contributed by atoms with Gasteiger partial charge in [0.25, 0.3) is 5.78 Å². The number of morpholine rings is 1. The number of nitrogens with zero attached hydrogens (tertiary/aromatic N) is 5. The molecule has 5 rings (SSSR count). The van der Waals surface area contributed by atoms with Gasteiger partial charge in [-0.2, -0.15) is 9.50 Å². The SMILES string of the molecule is CSc1nc2nc(C)cc(OCC3CN(C(=O)C4CCCCC4C(=O)c4ccc(F)cc4)CCO3)n2n1. The van der Waals surface area contributed by atoms with Gasteiger partial charge < -0.3 is 14.4 Å². The number of fused-ring (bicyclic) bond motifs is 1. The maximum atomic E-state index is 13.6. The second-order valence-corrected chi connectivity index (χ2v) is 10.3. The average molecular weight is 528 g/mol. The number of halogens is 1. The van der Waals surface area contributed by atoms with Crippen LogP contribution in [0.1, 0.15) is 41.7 Å². The summed E-state index contributed by atoms with van der Waals surface area (Å²) in [6.45, 7) is 3.36. The van der Waals surface area contributed by atoms with Gasteiger partial charge in [0, 0.05) is 35.7 Å². The van der Waals surface area contributed by atoms with Gasteiger partial charge in [-0.05, 0) is 50.3 Å². The highest BCUT2D eigenvalue weighted by Gasteiger charge is 2.39. The first-order valence-electron chi connectivity index (χ1n) is 12.5. The monoisotopic (exact) mass is 527 g/mol.